The first-order valence-corrected chi connectivity index (χ1v) is 8.45. The highest BCUT2D eigenvalue weighted by Gasteiger charge is 2.27. The largest absolute Gasteiger partial charge is 0.456 e. The molecule has 7 heteroatoms. The van der Waals surface area contributed by atoms with E-state index in [9.17, 15) is 14.9 Å². The van der Waals surface area contributed by atoms with E-state index < -0.39 is 10.9 Å². The molecule has 3 aromatic rings. The van der Waals surface area contributed by atoms with Gasteiger partial charge in [0.15, 0.2) is 0 Å². The average molecular weight is 374 g/mol. The van der Waals surface area contributed by atoms with Crippen LogP contribution in [0.25, 0.3) is 17.4 Å². The molecule has 0 aliphatic carbocycles. The lowest BCUT2D eigenvalue weighted by Crippen LogP contribution is -2.06. The zero-order chi connectivity index (χ0) is 19.7. The van der Waals surface area contributed by atoms with Crippen molar-refractivity contribution in [1.82, 2.24) is 0 Å². The van der Waals surface area contributed by atoms with Gasteiger partial charge in [0.25, 0.3) is 5.69 Å². The van der Waals surface area contributed by atoms with E-state index in [4.69, 9.17) is 9.25 Å². The Balaban J connectivity index is 1.71. The van der Waals surface area contributed by atoms with Gasteiger partial charge in [-0.3, -0.25) is 10.1 Å². The normalized spacial score (nSPS) is 14.8. The van der Waals surface area contributed by atoms with Gasteiger partial charge in [-0.25, -0.2) is 4.79 Å². The summed E-state index contributed by atoms with van der Waals surface area (Å²) in [6.07, 6.45) is 1.52. The van der Waals surface area contributed by atoms with Crippen LogP contribution in [0.3, 0.4) is 0 Å². The molecule has 0 bridgehead atoms. The summed E-state index contributed by atoms with van der Waals surface area (Å²) in [5, 5.41) is 15.2. The first kappa shape index (κ1) is 17.4. The highest BCUT2D eigenvalue weighted by Crippen LogP contribution is 2.33. The van der Waals surface area contributed by atoms with Gasteiger partial charge >= 0.3 is 5.97 Å². The Bertz CT molecular complexity index is 1140. The van der Waals surface area contributed by atoms with Crippen molar-refractivity contribution in [1.29, 1.82) is 0 Å². The Morgan fingerprint density at radius 3 is 2.61 bits per heavy atom. The molecule has 0 radical (unpaired) electrons. The molecule has 0 N–H and O–H groups in total. The van der Waals surface area contributed by atoms with E-state index in [1.54, 1.807) is 31.2 Å². The molecule has 2 aromatic carbocycles. The Morgan fingerprint density at radius 2 is 1.86 bits per heavy atom. The van der Waals surface area contributed by atoms with Crippen LogP contribution < -0.4 is 0 Å². The second-order valence-electron chi connectivity index (χ2n) is 6.22. The summed E-state index contributed by atoms with van der Waals surface area (Å²) in [4.78, 5) is 27.8. The van der Waals surface area contributed by atoms with E-state index in [-0.39, 0.29) is 11.3 Å². The van der Waals surface area contributed by atoms with Gasteiger partial charge in [-0.2, -0.15) is 0 Å². The standard InChI is InChI=1S/C21H14N2O5/c1-13-7-9-16(18(11-13)23(25)26)19-10-8-15(27-19)12-17-20(22-28-21(17)24)14-5-3-2-4-6-14/h2-12H,1H3/b17-12-. The Morgan fingerprint density at radius 1 is 1.07 bits per heavy atom. The number of hydrogen-bond acceptors (Lipinski definition) is 6. The predicted octanol–water partition coefficient (Wildman–Crippen LogP) is 4.51. The minimum absolute atomic E-state index is 0.0413. The summed E-state index contributed by atoms with van der Waals surface area (Å²) in [6, 6.07) is 17.3. The van der Waals surface area contributed by atoms with Crippen LogP contribution in [0.5, 0.6) is 0 Å². The number of furan rings is 1. The lowest BCUT2D eigenvalue weighted by Gasteiger charge is -2.01. The smallest absolute Gasteiger partial charge is 0.368 e. The molecule has 138 valence electrons. The molecule has 0 saturated carbocycles. The molecule has 0 saturated heterocycles. The quantitative estimate of drug-likeness (QED) is 0.290. The van der Waals surface area contributed by atoms with Crippen molar-refractivity contribution in [2.75, 3.05) is 0 Å². The number of carbonyl (C=O) groups is 1. The first-order chi connectivity index (χ1) is 13.5. The molecule has 0 fully saturated rings. The summed E-state index contributed by atoms with van der Waals surface area (Å²) < 4.78 is 5.75. The van der Waals surface area contributed by atoms with Crippen molar-refractivity contribution >= 4 is 23.4 Å². The van der Waals surface area contributed by atoms with E-state index in [0.29, 0.717) is 22.8 Å². The lowest BCUT2D eigenvalue weighted by molar-refractivity contribution is -0.384. The molecule has 2 heterocycles. The second kappa shape index (κ2) is 6.96. The number of hydrogen-bond donors (Lipinski definition) is 0. The molecule has 1 aliphatic heterocycles. The SMILES string of the molecule is Cc1ccc(-c2ccc(/C=C3\C(=O)ON=C3c3ccccc3)o2)c([N+](=O)[O-])c1. The van der Waals surface area contributed by atoms with Crippen molar-refractivity contribution in [3.8, 4) is 11.3 Å². The van der Waals surface area contributed by atoms with Gasteiger partial charge in [0.1, 0.15) is 17.2 Å². The molecule has 1 aliphatic rings. The third-order valence-electron chi connectivity index (χ3n) is 4.27. The zero-order valence-corrected chi connectivity index (χ0v) is 14.8. The third-order valence-corrected chi connectivity index (χ3v) is 4.27. The summed E-state index contributed by atoms with van der Waals surface area (Å²) in [5.74, 6) is 0.114. The van der Waals surface area contributed by atoms with E-state index >= 15 is 0 Å². The summed E-state index contributed by atoms with van der Waals surface area (Å²) in [5.41, 5.74) is 2.50. The number of nitrogens with zero attached hydrogens (tertiary/aromatic N) is 2. The van der Waals surface area contributed by atoms with E-state index in [1.165, 1.54) is 12.1 Å². The van der Waals surface area contributed by atoms with Crippen LogP contribution in [-0.4, -0.2) is 16.6 Å². The highest BCUT2D eigenvalue weighted by atomic mass is 16.7. The summed E-state index contributed by atoms with van der Waals surface area (Å²) in [7, 11) is 0. The monoisotopic (exact) mass is 374 g/mol. The molecule has 0 unspecified atom stereocenters. The fraction of sp³-hybridized carbons (Fsp3) is 0.0476. The summed E-state index contributed by atoms with van der Waals surface area (Å²) in [6.45, 7) is 1.78. The number of nitro groups is 1. The number of nitro benzene ring substituents is 1. The van der Waals surface area contributed by atoms with Gasteiger partial charge < -0.3 is 9.25 Å². The van der Waals surface area contributed by atoms with Gasteiger partial charge in [-0.15, -0.1) is 0 Å². The summed E-state index contributed by atoms with van der Waals surface area (Å²) >= 11 is 0. The minimum Gasteiger partial charge on any atom is -0.456 e. The van der Waals surface area contributed by atoms with Gasteiger partial charge in [0, 0.05) is 11.6 Å². The van der Waals surface area contributed by atoms with Crippen LogP contribution in [0.4, 0.5) is 5.69 Å². The number of aryl methyl sites for hydroxylation is 1. The number of carbonyl (C=O) groups excluding carboxylic acids is 1. The van der Waals surface area contributed by atoms with E-state index in [1.807, 2.05) is 30.3 Å². The van der Waals surface area contributed by atoms with Gasteiger partial charge in [0.05, 0.1) is 16.1 Å². The maximum atomic E-state index is 12.1. The van der Waals surface area contributed by atoms with Crippen molar-refractivity contribution < 1.29 is 19.0 Å². The Labute approximate surface area is 159 Å². The van der Waals surface area contributed by atoms with Crippen LogP contribution in [0, 0.1) is 17.0 Å². The van der Waals surface area contributed by atoms with Crippen LogP contribution >= 0.6 is 0 Å². The zero-order valence-electron chi connectivity index (χ0n) is 14.8. The fourth-order valence-electron chi connectivity index (χ4n) is 2.93. The molecule has 7 nitrogen and oxygen atoms in total. The molecule has 0 amide bonds. The maximum absolute atomic E-state index is 12.1. The lowest BCUT2D eigenvalue weighted by atomic mass is 10.0. The van der Waals surface area contributed by atoms with Crippen molar-refractivity contribution in [3.05, 3.63) is 93.2 Å². The van der Waals surface area contributed by atoms with Crippen LogP contribution in [0.15, 0.2) is 75.8 Å². The number of oxime groups is 1. The molecule has 28 heavy (non-hydrogen) atoms. The topological polar surface area (TPSA) is 94.9 Å². The van der Waals surface area contributed by atoms with E-state index in [2.05, 4.69) is 5.16 Å². The molecule has 0 atom stereocenters. The van der Waals surface area contributed by atoms with E-state index in [0.717, 1.165) is 11.1 Å². The van der Waals surface area contributed by atoms with Crippen molar-refractivity contribution in [3.63, 3.8) is 0 Å². The highest BCUT2D eigenvalue weighted by molar-refractivity contribution is 6.31. The molecular weight excluding hydrogens is 360 g/mol. The van der Waals surface area contributed by atoms with Crippen molar-refractivity contribution in [2.45, 2.75) is 6.92 Å². The van der Waals surface area contributed by atoms with Gasteiger partial charge in [0.2, 0.25) is 0 Å². The average Bonchev–Trinajstić information content (AvgIpc) is 3.30. The van der Waals surface area contributed by atoms with Crippen molar-refractivity contribution in [2.24, 2.45) is 5.16 Å². The molecular formula is C21H14N2O5. The van der Waals surface area contributed by atoms with Crippen LogP contribution in [-0.2, 0) is 9.63 Å². The molecule has 0 spiro atoms. The Hall–Kier alpha value is -4.00. The van der Waals surface area contributed by atoms with Gasteiger partial charge in [-0.1, -0.05) is 41.6 Å². The van der Waals surface area contributed by atoms with Gasteiger partial charge in [-0.05, 0) is 36.8 Å². The minimum atomic E-state index is -0.585. The van der Waals surface area contributed by atoms with Crippen LogP contribution in [0.1, 0.15) is 16.9 Å². The molecule has 4 rings (SSSR count). The Kier molecular flexibility index (Phi) is 4.33. The first-order valence-electron chi connectivity index (χ1n) is 8.45. The fourth-order valence-corrected chi connectivity index (χ4v) is 2.93. The van der Waals surface area contributed by atoms with Crippen LogP contribution in [0.2, 0.25) is 0 Å². The third kappa shape index (κ3) is 3.21. The predicted molar refractivity (Wildman–Crippen MR) is 103 cm³/mol. The maximum Gasteiger partial charge on any atom is 0.368 e. The number of rotatable bonds is 4. The number of benzene rings is 2. The molecule has 1 aromatic heterocycles. The second-order valence-corrected chi connectivity index (χ2v) is 6.22.